The summed E-state index contributed by atoms with van der Waals surface area (Å²) in [6.07, 6.45) is 3.45. The molecule has 0 atom stereocenters. The Morgan fingerprint density at radius 3 is 2.57 bits per heavy atom. The summed E-state index contributed by atoms with van der Waals surface area (Å²) in [6, 6.07) is 4.93. The molecule has 0 aliphatic carbocycles. The number of nitrogens with one attached hydrogen (secondary N) is 1. The minimum absolute atomic E-state index is 0.00924. The first-order valence-corrected chi connectivity index (χ1v) is 11.0. The topological polar surface area (TPSA) is 79.4 Å². The van der Waals surface area contributed by atoms with E-state index in [2.05, 4.69) is 25.5 Å². The second-order valence-corrected chi connectivity index (χ2v) is 8.70. The van der Waals surface area contributed by atoms with Gasteiger partial charge in [-0.1, -0.05) is 11.6 Å². The van der Waals surface area contributed by atoms with Crippen molar-refractivity contribution in [1.82, 2.24) is 39.7 Å². The first-order valence-electron chi connectivity index (χ1n) is 10.7. The molecule has 1 saturated heterocycles. The number of halogens is 4. The van der Waals surface area contributed by atoms with E-state index in [1.165, 1.54) is 0 Å². The third-order valence-corrected chi connectivity index (χ3v) is 5.81. The normalized spacial score (nSPS) is 15.8. The maximum atomic E-state index is 14.5. The van der Waals surface area contributed by atoms with Crippen LogP contribution >= 0.6 is 11.6 Å². The van der Waals surface area contributed by atoms with Crippen LogP contribution in [0.3, 0.4) is 0 Å². The number of rotatable bonds is 5. The van der Waals surface area contributed by atoms with Gasteiger partial charge in [0.1, 0.15) is 12.1 Å². The highest BCUT2D eigenvalue weighted by Gasteiger charge is 2.25. The first kappa shape index (κ1) is 23.1. The lowest BCUT2D eigenvalue weighted by Crippen LogP contribution is -2.56. The van der Waals surface area contributed by atoms with Crippen molar-refractivity contribution in [1.29, 1.82) is 0 Å². The van der Waals surface area contributed by atoms with Crippen molar-refractivity contribution in [3.05, 3.63) is 70.7 Å². The summed E-state index contributed by atoms with van der Waals surface area (Å²) in [6.45, 7) is 1.06. The van der Waals surface area contributed by atoms with Crippen molar-refractivity contribution in [3.8, 4) is 0 Å². The summed E-state index contributed by atoms with van der Waals surface area (Å²) in [5.41, 5.74) is 1.21. The van der Waals surface area contributed by atoms with Crippen molar-refractivity contribution >= 4 is 34.2 Å². The standard InChI is InChI=1S/C22H21ClF3N9/c1-32-7-14-4-20(15(23)5-19(14)30-32)29-22-28-11-34(9-21-27-10-33(2)31-21)12-35(22)8-13-3-17(25)18(26)6-16(13)24/h3-7,10H,8-9,11-12H2,1-2H3,(H,28,29). The first-order chi connectivity index (χ1) is 16.7. The fraction of sp³-hybridized carbons (Fsp3) is 0.273. The molecule has 0 spiro atoms. The van der Waals surface area contributed by atoms with Crippen LogP contribution in [0.15, 0.2) is 41.8 Å². The van der Waals surface area contributed by atoms with Crippen LogP contribution in [0, 0.1) is 17.5 Å². The van der Waals surface area contributed by atoms with Crippen molar-refractivity contribution in [2.45, 2.75) is 13.1 Å². The molecule has 3 heterocycles. The number of nitrogens with zero attached hydrogens (tertiary/aromatic N) is 8. The summed E-state index contributed by atoms with van der Waals surface area (Å²) >= 11 is 6.46. The molecule has 35 heavy (non-hydrogen) atoms. The molecule has 0 amide bonds. The minimum atomic E-state index is -1.24. The van der Waals surface area contributed by atoms with Crippen molar-refractivity contribution < 1.29 is 13.2 Å². The van der Waals surface area contributed by atoms with Crippen LogP contribution < -0.4 is 5.32 Å². The Morgan fingerprint density at radius 2 is 1.80 bits per heavy atom. The monoisotopic (exact) mass is 503 g/mol. The second kappa shape index (κ2) is 9.19. The number of hydrogen-bond acceptors (Lipinski definition) is 5. The predicted octanol–water partition coefficient (Wildman–Crippen LogP) is 3.28. The van der Waals surface area contributed by atoms with Gasteiger partial charge in [0.25, 0.3) is 0 Å². The summed E-state index contributed by atoms with van der Waals surface area (Å²) in [4.78, 5) is 12.6. The molecular formula is C22H21ClF3N9. The summed E-state index contributed by atoms with van der Waals surface area (Å²) in [7, 11) is 3.59. The highest BCUT2D eigenvalue weighted by Crippen LogP contribution is 2.30. The molecule has 0 radical (unpaired) electrons. The quantitative estimate of drug-likeness (QED) is 0.421. The molecule has 2 aromatic carbocycles. The molecule has 1 aliphatic rings. The van der Waals surface area contributed by atoms with Crippen molar-refractivity contribution in [2.75, 3.05) is 13.3 Å². The number of aliphatic imine (C=N–C) groups is 1. The van der Waals surface area contributed by atoms with Crippen LogP contribution in [0.2, 0.25) is 5.02 Å². The highest BCUT2D eigenvalue weighted by atomic mass is 35.5. The zero-order chi connectivity index (χ0) is 24.7. The SMILES string of the molecule is Cn1cnc(CN2CN/C(=N\c3cc4cn(C)nc4cc3Cl)N(Cc3cc(F)c(F)cc3F)C2)n1. The van der Waals surface area contributed by atoms with Gasteiger partial charge in [-0.2, -0.15) is 10.2 Å². The van der Waals surface area contributed by atoms with Crippen LogP contribution in [0.4, 0.5) is 18.9 Å². The summed E-state index contributed by atoms with van der Waals surface area (Å²) in [5.74, 6) is -2.19. The second-order valence-electron chi connectivity index (χ2n) is 8.30. The third-order valence-electron chi connectivity index (χ3n) is 5.51. The molecule has 1 aliphatic heterocycles. The average molecular weight is 504 g/mol. The van der Waals surface area contributed by atoms with Gasteiger partial charge in [-0.05, 0) is 18.2 Å². The highest BCUT2D eigenvalue weighted by molar-refractivity contribution is 6.34. The van der Waals surface area contributed by atoms with Gasteiger partial charge in [-0.3, -0.25) is 14.3 Å². The van der Waals surface area contributed by atoms with Gasteiger partial charge in [0, 0.05) is 37.3 Å². The molecule has 2 aromatic heterocycles. The average Bonchev–Trinajstić information content (AvgIpc) is 3.37. The fourth-order valence-electron chi connectivity index (χ4n) is 3.90. The number of guanidine groups is 1. The summed E-state index contributed by atoms with van der Waals surface area (Å²) in [5, 5.41) is 13.1. The zero-order valence-electron chi connectivity index (χ0n) is 18.9. The van der Waals surface area contributed by atoms with Crippen LogP contribution in [0.25, 0.3) is 10.9 Å². The van der Waals surface area contributed by atoms with Gasteiger partial charge in [0.05, 0.1) is 42.7 Å². The van der Waals surface area contributed by atoms with E-state index >= 15 is 0 Å². The molecule has 1 fully saturated rings. The van der Waals surface area contributed by atoms with Gasteiger partial charge < -0.3 is 10.2 Å². The number of hydrogen-bond donors (Lipinski definition) is 1. The number of benzene rings is 2. The Labute approximate surface area is 203 Å². The Hall–Kier alpha value is -3.64. The Balaban J connectivity index is 1.47. The molecular weight excluding hydrogens is 483 g/mol. The van der Waals surface area contributed by atoms with Gasteiger partial charge in [-0.15, -0.1) is 0 Å². The molecule has 9 nitrogen and oxygen atoms in total. The lowest BCUT2D eigenvalue weighted by atomic mass is 10.2. The van der Waals surface area contributed by atoms with Gasteiger partial charge in [-0.25, -0.2) is 23.1 Å². The predicted molar refractivity (Wildman–Crippen MR) is 124 cm³/mol. The third kappa shape index (κ3) is 4.93. The molecule has 1 N–H and O–H groups in total. The van der Waals surface area contributed by atoms with E-state index in [-0.39, 0.29) is 12.1 Å². The summed E-state index contributed by atoms with van der Waals surface area (Å²) < 4.78 is 45.1. The van der Waals surface area contributed by atoms with Crippen LogP contribution in [0.1, 0.15) is 11.4 Å². The van der Waals surface area contributed by atoms with Gasteiger partial charge in [0.15, 0.2) is 17.5 Å². The Kier molecular flexibility index (Phi) is 6.07. The van der Waals surface area contributed by atoms with Crippen molar-refractivity contribution in [3.63, 3.8) is 0 Å². The maximum Gasteiger partial charge on any atom is 0.201 e. The largest absolute Gasteiger partial charge is 0.343 e. The van der Waals surface area contributed by atoms with E-state index in [1.54, 1.807) is 39.8 Å². The van der Waals surface area contributed by atoms with E-state index in [9.17, 15) is 13.2 Å². The Bertz CT molecular complexity index is 1430. The van der Waals surface area contributed by atoms with E-state index in [1.807, 2.05) is 18.1 Å². The number of aryl methyl sites for hydroxylation is 2. The smallest absolute Gasteiger partial charge is 0.201 e. The molecule has 0 unspecified atom stereocenters. The minimum Gasteiger partial charge on any atom is -0.343 e. The molecule has 5 rings (SSSR count). The number of aromatic nitrogens is 5. The van der Waals surface area contributed by atoms with Crippen molar-refractivity contribution in [2.24, 2.45) is 19.1 Å². The van der Waals surface area contributed by atoms with Crippen LogP contribution in [-0.4, -0.2) is 53.6 Å². The molecule has 0 bridgehead atoms. The molecule has 182 valence electrons. The van der Waals surface area contributed by atoms with Crippen LogP contribution in [-0.2, 0) is 27.2 Å². The number of fused-ring (bicyclic) bond motifs is 1. The van der Waals surface area contributed by atoms with E-state index in [0.717, 1.165) is 17.0 Å². The lowest BCUT2D eigenvalue weighted by molar-refractivity contribution is 0.134. The Morgan fingerprint density at radius 1 is 1.00 bits per heavy atom. The zero-order valence-corrected chi connectivity index (χ0v) is 19.6. The lowest BCUT2D eigenvalue weighted by Gasteiger charge is -2.38. The van der Waals surface area contributed by atoms with E-state index < -0.39 is 17.5 Å². The molecule has 0 saturated carbocycles. The molecule has 13 heteroatoms. The fourth-order valence-corrected chi connectivity index (χ4v) is 4.10. The van der Waals surface area contributed by atoms with Crippen LogP contribution in [0.5, 0.6) is 0 Å². The van der Waals surface area contributed by atoms with E-state index in [0.29, 0.717) is 48.4 Å². The molecule has 4 aromatic rings. The maximum absolute atomic E-state index is 14.5. The van der Waals surface area contributed by atoms with Gasteiger partial charge in [0.2, 0.25) is 5.96 Å². The van der Waals surface area contributed by atoms with Gasteiger partial charge >= 0.3 is 0 Å². The van der Waals surface area contributed by atoms with E-state index in [4.69, 9.17) is 11.6 Å².